The smallest absolute Gasteiger partial charge is 0.239 e. The van der Waals surface area contributed by atoms with Gasteiger partial charge in [-0.25, -0.2) is 13.8 Å². The minimum absolute atomic E-state index is 0.206. The molecule has 1 aromatic heterocycles. The second kappa shape index (κ2) is 4.28. The second-order valence-electron chi connectivity index (χ2n) is 2.10. The van der Waals surface area contributed by atoms with E-state index in [1.807, 2.05) is 6.07 Å². The van der Waals surface area contributed by atoms with Crippen molar-refractivity contribution in [1.82, 2.24) is 4.98 Å². The monoisotopic (exact) mass is 358 g/mol. The Kier molecular flexibility index (Phi) is 3.55. The molecule has 0 aliphatic carbocycles. The third-order valence-corrected chi connectivity index (χ3v) is 2.82. The van der Waals surface area contributed by atoms with Crippen molar-refractivity contribution in [3.8, 4) is 6.07 Å². The normalized spacial score (nSPS) is 10.2. The van der Waals surface area contributed by atoms with Crippen LogP contribution in [0.1, 0.15) is 17.7 Å². The molecule has 0 aliphatic rings. The molecule has 1 aromatic rings. The van der Waals surface area contributed by atoms with Crippen LogP contribution in [0, 0.1) is 14.9 Å². The zero-order chi connectivity index (χ0) is 10.0. The largest absolute Gasteiger partial charge is 0.281 e. The van der Waals surface area contributed by atoms with Gasteiger partial charge in [0.1, 0.15) is 16.4 Å². The molecule has 0 saturated heterocycles. The van der Waals surface area contributed by atoms with Crippen molar-refractivity contribution in [2.24, 2.45) is 0 Å². The molecule has 0 aromatic carbocycles. The van der Waals surface area contributed by atoms with E-state index in [0.717, 1.165) is 0 Å². The zero-order valence-corrected chi connectivity index (χ0v) is 9.80. The van der Waals surface area contributed by atoms with Gasteiger partial charge < -0.3 is 0 Å². The maximum atomic E-state index is 12.3. The summed E-state index contributed by atoms with van der Waals surface area (Å²) >= 11 is 4.64. The minimum atomic E-state index is -2.66. The third-order valence-electron chi connectivity index (χ3n) is 1.28. The summed E-state index contributed by atoms with van der Waals surface area (Å²) in [4.78, 5) is 3.59. The molecule has 13 heavy (non-hydrogen) atoms. The molecule has 0 unspecified atom stereocenters. The Balaban J connectivity index is 3.38. The van der Waals surface area contributed by atoms with Crippen molar-refractivity contribution in [1.29, 1.82) is 5.26 Å². The van der Waals surface area contributed by atoms with Crippen molar-refractivity contribution in [2.75, 3.05) is 0 Å². The molecule has 1 rings (SSSR count). The maximum absolute atomic E-state index is 12.3. The summed E-state index contributed by atoms with van der Waals surface area (Å²) in [5.41, 5.74) is -0.149. The minimum Gasteiger partial charge on any atom is -0.239 e. The summed E-state index contributed by atoms with van der Waals surface area (Å²) in [6.45, 7) is 0. The Hall–Kier alpha value is -0.290. The summed E-state index contributed by atoms with van der Waals surface area (Å²) in [5, 5.41) is 8.60. The lowest BCUT2D eigenvalue weighted by atomic mass is 10.2. The summed E-state index contributed by atoms with van der Waals surface area (Å²) < 4.78 is 25.1. The van der Waals surface area contributed by atoms with E-state index in [-0.39, 0.29) is 19.4 Å². The van der Waals surface area contributed by atoms with Crippen molar-refractivity contribution < 1.29 is 8.78 Å². The first-order valence-corrected chi connectivity index (χ1v) is 4.97. The van der Waals surface area contributed by atoms with E-state index in [9.17, 15) is 8.78 Å². The third kappa shape index (κ3) is 2.34. The van der Waals surface area contributed by atoms with Gasteiger partial charge in [0.2, 0.25) is 0 Å². The molecule has 0 aliphatic heterocycles. The standard InChI is InChI=1S/C7H2BrF2IN2/c8-4-1-3(2-12)5(11)6(13-4)7(9)10/h1,7H. The summed E-state index contributed by atoms with van der Waals surface area (Å²) in [6, 6.07) is 3.23. The molecule has 0 bridgehead atoms. The van der Waals surface area contributed by atoms with Gasteiger partial charge in [-0.05, 0) is 44.6 Å². The maximum Gasteiger partial charge on any atom is 0.281 e. The number of rotatable bonds is 1. The SMILES string of the molecule is N#Cc1cc(Br)nc(C(F)F)c1I. The fraction of sp³-hybridized carbons (Fsp3) is 0.143. The van der Waals surface area contributed by atoms with Crippen molar-refractivity contribution in [3.05, 3.63) is 25.5 Å². The number of hydrogen-bond donors (Lipinski definition) is 0. The first kappa shape index (κ1) is 10.8. The Morgan fingerprint density at radius 2 is 2.23 bits per heavy atom. The van der Waals surface area contributed by atoms with Crippen molar-refractivity contribution in [3.63, 3.8) is 0 Å². The summed E-state index contributed by atoms with van der Waals surface area (Å²) in [5.74, 6) is 0. The average molecular weight is 359 g/mol. The van der Waals surface area contributed by atoms with Crippen LogP contribution >= 0.6 is 38.5 Å². The fourth-order valence-corrected chi connectivity index (χ4v) is 1.80. The summed E-state index contributed by atoms with van der Waals surface area (Å²) in [7, 11) is 0. The van der Waals surface area contributed by atoms with Crippen LogP contribution in [0.15, 0.2) is 10.7 Å². The van der Waals surface area contributed by atoms with Crippen LogP contribution in [0.2, 0.25) is 0 Å². The van der Waals surface area contributed by atoms with E-state index >= 15 is 0 Å². The van der Waals surface area contributed by atoms with Gasteiger partial charge in [0.05, 0.1) is 9.13 Å². The topological polar surface area (TPSA) is 36.7 Å². The number of hydrogen-bond acceptors (Lipinski definition) is 2. The van der Waals surface area contributed by atoms with Crippen LogP contribution in [0.3, 0.4) is 0 Å². The van der Waals surface area contributed by atoms with Crippen LogP contribution in [-0.2, 0) is 0 Å². The van der Waals surface area contributed by atoms with Crippen LogP contribution in [-0.4, -0.2) is 4.98 Å². The van der Waals surface area contributed by atoms with Gasteiger partial charge in [-0.2, -0.15) is 5.26 Å². The molecule has 0 spiro atoms. The lowest BCUT2D eigenvalue weighted by molar-refractivity contribution is 0.145. The lowest BCUT2D eigenvalue weighted by Crippen LogP contribution is -1.98. The Bertz CT molecular complexity index is 375. The first-order chi connectivity index (χ1) is 6.06. The van der Waals surface area contributed by atoms with Crippen LogP contribution in [0.25, 0.3) is 0 Å². The van der Waals surface area contributed by atoms with Gasteiger partial charge in [-0.3, -0.25) is 0 Å². The Morgan fingerprint density at radius 3 is 2.69 bits per heavy atom. The quantitative estimate of drug-likeness (QED) is 0.570. The summed E-state index contributed by atoms with van der Waals surface area (Å²) in [6.07, 6.45) is -2.66. The molecule has 0 atom stereocenters. The van der Waals surface area contributed by atoms with Crippen molar-refractivity contribution >= 4 is 38.5 Å². The molecule has 0 N–H and O–H groups in total. The highest BCUT2D eigenvalue weighted by atomic mass is 127. The molecule has 0 radical (unpaired) electrons. The predicted octanol–water partition coefficient (Wildman–Crippen LogP) is 3.26. The fourth-order valence-electron chi connectivity index (χ4n) is 0.743. The number of halogens is 4. The Labute approximate surface area is 95.2 Å². The molecule has 68 valence electrons. The van der Waals surface area contributed by atoms with Crippen LogP contribution in [0.4, 0.5) is 8.78 Å². The molecule has 0 saturated carbocycles. The van der Waals surface area contributed by atoms with Crippen LogP contribution in [0.5, 0.6) is 0 Å². The van der Waals surface area contributed by atoms with E-state index in [0.29, 0.717) is 0 Å². The molecule has 6 heteroatoms. The second-order valence-corrected chi connectivity index (χ2v) is 4.00. The number of nitrogens with zero attached hydrogens (tertiary/aromatic N) is 2. The van der Waals surface area contributed by atoms with E-state index < -0.39 is 6.43 Å². The average Bonchev–Trinajstić information content (AvgIpc) is 2.08. The molecule has 0 fully saturated rings. The van der Waals surface area contributed by atoms with Gasteiger partial charge in [-0.1, -0.05) is 0 Å². The number of nitriles is 1. The van der Waals surface area contributed by atoms with Gasteiger partial charge >= 0.3 is 0 Å². The Morgan fingerprint density at radius 1 is 1.62 bits per heavy atom. The lowest BCUT2D eigenvalue weighted by Gasteiger charge is -2.04. The highest BCUT2D eigenvalue weighted by Gasteiger charge is 2.17. The van der Waals surface area contributed by atoms with E-state index in [1.165, 1.54) is 6.07 Å². The van der Waals surface area contributed by atoms with Gasteiger partial charge in [-0.15, -0.1) is 0 Å². The molecule has 0 amide bonds. The number of pyridine rings is 1. The van der Waals surface area contributed by atoms with Crippen molar-refractivity contribution in [2.45, 2.75) is 6.43 Å². The highest BCUT2D eigenvalue weighted by Crippen LogP contribution is 2.26. The predicted molar refractivity (Wildman–Crippen MR) is 54.3 cm³/mol. The molecular formula is C7H2BrF2IN2. The number of aromatic nitrogens is 1. The van der Waals surface area contributed by atoms with Gasteiger partial charge in [0.25, 0.3) is 6.43 Å². The van der Waals surface area contributed by atoms with E-state index in [1.54, 1.807) is 22.6 Å². The van der Waals surface area contributed by atoms with Gasteiger partial charge in [0, 0.05) is 0 Å². The van der Waals surface area contributed by atoms with E-state index in [4.69, 9.17) is 5.26 Å². The first-order valence-electron chi connectivity index (χ1n) is 3.10. The molecule has 1 heterocycles. The van der Waals surface area contributed by atoms with Gasteiger partial charge in [0.15, 0.2) is 0 Å². The highest BCUT2D eigenvalue weighted by molar-refractivity contribution is 14.1. The number of alkyl halides is 2. The molecule has 2 nitrogen and oxygen atoms in total. The van der Waals surface area contributed by atoms with E-state index in [2.05, 4.69) is 20.9 Å². The van der Waals surface area contributed by atoms with Crippen LogP contribution < -0.4 is 0 Å². The molecular weight excluding hydrogens is 357 g/mol. The zero-order valence-electron chi connectivity index (χ0n) is 6.06.